The number of sulfone groups is 1. The summed E-state index contributed by atoms with van der Waals surface area (Å²) in [5.41, 5.74) is 1.28. The molecule has 0 atom stereocenters. The van der Waals surface area contributed by atoms with Crippen molar-refractivity contribution in [1.82, 2.24) is 4.57 Å². The maximum absolute atomic E-state index is 12.6. The molecule has 1 aliphatic carbocycles. The smallest absolute Gasteiger partial charge is 0.258 e. The van der Waals surface area contributed by atoms with E-state index in [1.807, 2.05) is 18.2 Å². The van der Waals surface area contributed by atoms with Crippen LogP contribution in [0, 0.1) is 0 Å². The van der Waals surface area contributed by atoms with E-state index in [1.165, 1.54) is 4.57 Å². The Morgan fingerprint density at radius 1 is 1.03 bits per heavy atom. The monoisotopic (exact) mass is 441 g/mol. The summed E-state index contributed by atoms with van der Waals surface area (Å²) < 4.78 is 33.0. The molecule has 1 N–H and O–H groups in total. The molecule has 1 saturated carbocycles. The molecule has 1 aliphatic rings. The summed E-state index contributed by atoms with van der Waals surface area (Å²) in [4.78, 5) is 12.9. The van der Waals surface area contributed by atoms with Gasteiger partial charge in [-0.05, 0) is 55.3 Å². The van der Waals surface area contributed by atoms with Crippen LogP contribution in [-0.4, -0.2) is 36.1 Å². The number of aryl methyl sites for hydroxylation is 1. The lowest BCUT2D eigenvalue weighted by atomic mass is 9.95. The summed E-state index contributed by atoms with van der Waals surface area (Å²) in [6.07, 6.45) is 4.25. The van der Waals surface area contributed by atoms with Gasteiger partial charge in [-0.15, -0.1) is 0 Å². The molecule has 0 spiro atoms. The SMILES string of the molecule is CCS(=O)(=O)c1ccc(OC2CCC(O)CC2)c(-c2cn(C)c(=O)c3ccccc23)c1. The van der Waals surface area contributed by atoms with Crippen LogP contribution in [0.4, 0.5) is 0 Å². The van der Waals surface area contributed by atoms with E-state index in [0.29, 0.717) is 29.5 Å². The molecule has 0 bridgehead atoms. The van der Waals surface area contributed by atoms with E-state index >= 15 is 0 Å². The zero-order valence-corrected chi connectivity index (χ0v) is 18.6. The van der Waals surface area contributed by atoms with Gasteiger partial charge in [0.15, 0.2) is 9.84 Å². The minimum Gasteiger partial charge on any atom is -0.490 e. The number of hydrogen-bond donors (Lipinski definition) is 1. The van der Waals surface area contributed by atoms with Crippen LogP contribution in [0.3, 0.4) is 0 Å². The van der Waals surface area contributed by atoms with Gasteiger partial charge in [-0.1, -0.05) is 25.1 Å². The maximum Gasteiger partial charge on any atom is 0.258 e. The zero-order valence-electron chi connectivity index (χ0n) is 17.7. The normalized spacial score (nSPS) is 19.5. The average Bonchev–Trinajstić information content (AvgIpc) is 2.78. The minimum atomic E-state index is -3.41. The summed E-state index contributed by atoms with van der Waals surface area (Å²) in [6, 6.07) is 12.3. The molecule has 1 fully saturated rings. The van der Waals surface area contributed by atoms with Crippen molar-refractivity contribution in [3.63, 3.8) is 0 Å². The van der Waals surface area contributed by atoms with Gasteiger partial charge in [-0.3, -0.25) is 4.79 Å². The predicted octanol–water partition coefficient (Wildman–Crippen LogP) is 3.68. The first kappa shape index (κ1) is 21.6. The molecule has 164 valence electrons. The Kier molecular flexibility index (Phi) is 5.90. The van der Waals surface area contributed by atoms with Crippen molar-refractivity contribution in [2.45, 2.75) is 49.7 Å². The highest BCUT2D eigenvalue weighted by Crippen LogP contribution is 2.37. The van der Waals surface area contributed by atoms with E-state index in [-0.39, 0.29) is 28.4 Å². The Morgan fingerprint density at radius 3 is 2.39 bits per heavy atom. The van der Waals surface area contributed by atoms with Gasteiger partial charge in [0, 0.05) is 29.8 Å². The van der Waals surface area contributed by atoms with Crippen molar-refractivity contribution in [3.05, 3.63) is 59.0 Å². The number of benzene rings is 2. The van der Waals surface area contributed by atoms with Crippen molar-refractivity contribution >= 4 is 20.6 Å². The van der Waals surface area contributed by atoms with Crippen LogP contribution in [0.5, 0.6) is 5.75 Å². The van der Waals surface area contributed by atoms with Crippen molar-refractivity contribution < 1.29 is 18.3 Å². The van der Waals surface area contributed by atoms with Crippen molar-refractivity contribution in [1.29, 1.82) is 0 Å². The Morgan fingerprint density at radius 2 is 1.71 bits per heavy atom. The van der Waals surface area contributed by atoms with Crippen molar-refractivity contribution in [2.75, 3.05) is 5.75 Å². The Balaban J connectivity index is 1.91. The highest BCUT2D eigenvalue weighted by Gasteiger charge is 2.24. The number of ether oxygens (including phenoxy) is 1. The van der Waals surface area contributed by atoms with Gasteiger partial charge in [0.1, 0.15) is 5.75 Å². The number of nitrogens with zero attached hydrogens (tertiary/aromatic N) is 1. The topological polar surface area (TPSA) is 85.6 Å². The highest BCUT2D eigenvalue weighted by molar-refractivity contribution is 7.91. The van der Waals surface area contributed by atoms with E-state index in [9.17, 15) is 18.3 Å². The van der Waals surface area contributed by atoms with Crippen LogP contribution >= 0.6 is 0 Å². The van der Waals surface area contributed by atoms with E-state index < -0.39 is 9.84 Å². The number of aromatic nitrogens is 1. The summed E-state index contributed by atoms with van der Waals surface area (Å²) in [7, 11) is -1.73. The molecule has 0 aliphatic heterocycles. The zero-order chi connectivity index (χ0) is 22.2. The van der Waals surface area contributed by atoms with Gasteiger partial charge in [-0.25, -0.2) is 8.42 Å². The first-order chi connectivity index (χ1) is 14.8. The third kappa shape index (κ3) is 4.25. The quantitative estimate of drug-likeness (QED) is 0.653. The first-order valence-electron chi connectivity index (χ1n) is 10.6. The van der Waals surface area contributed by atoms with Crippen LogP contribution < -0.4 is 10.3 Å². The summed E-state index contributed by atoms with van der Waals surface area (Å²) in [6.45, 7) is 1.62. The second kappa shape index (κ2) is 8.48. The highest BCUT2D eigenvalue weighted by atomic mass is 32.2. The molecule has 4 rings (SSSR count). The standard InChI is InChI=1S/C24H27NO5S/c1-3-31(28,29)18-12-13-23(30-17-10-8-16(26)9-11-17)21(14-18)22-15-25(2)24(27)20-7-5-4-6-19(20)22/h4-7,12-17,26H,3,8-11H2,1-2H3. The van der Waals surface area contributed by atoms with Gasteiger partial charge >= 0.3 is 0 Å². The Labute approximate surface area is 182 Å². The number of aliphatic hydroxyl groups is 1. The third-order valence-electron chi connectivity index (χ3n) is 6.01. The second-order valence-electron chi connectivity index (χ2n) is 8.11. The number of hydrogen-bond acceptors (Lipinski definition) is 5. The van der Waals surface area contributed by atoms with E-state index in [4.69, 9.17) is 4.74 Å². The fraction of sp³-hybridized carbons (Fsp3) is 0.375. The molecule has 31 heavy (non-hydrogen) atoms. The molecular weight excluding hydrogens is 414 g/mol. The molecule has 0 saturated heterocycles. The lowest BCUT2D eigenvalue weighted by molar-refractivity contribution is 0.0668. The minimum absolute atomic E-state index is 0.00117. The number of rotatable bonds is 5. The molecule has 7 heteroatoms. The van der Waals surface area contributed by atoms with Crippen LogP contribution in [0.2, 0.25) is 0 Å². The van der Waals surface area contributed by atoms with Crippen molar-refractivity contribution in [2.24, 2.45) is 7.05 Å². The lowest BCUT2D eigenvalue weighted by Crippen LogP contribution is -2.26. The maximum atomic E-state index is 12.6. The summed E-state index contributed by atoms with van der Waals surface area (Å²) >= 11 is 0. The fourth-order valence-electron chi connectivity index (χ4n) is 4.16. The Hall–Kier alpha value is -2.64. The van der Waals surface area contributed by atoms with Crippen LogP contribution in [0.15, 0.2) is 58.4 Å². The van der Waals surface area contributed by atoms with E-state index in [0.717, 1.165) is 23.8 Å². The number of fused-ring (bicyclic) bond motifs is 1. The lowest BCUT2D eigenvalue weighted by Gasteiger charge is -2.27. The summed E-state index contributed by atoms with van der Waals surface area (Å²) in [5.74, 6) is 0.585. The molecule has 3 aromatic rings. The molecule has 1 heterocycles. The largest absolute Gasteiger partial charge is 0.490 e. The van der Waals surface area contributed by atoms with Gasteiger partial charge in [0.05, 0.1) is 22.9 Å². The van der Waals surface area contributed by atoms with E-state index in [2.05, 4.69) is 0 Å². The number of aliphatic hydroxyl groups excluding tert-OH is 1. The third-order valence-corrected chi connectivity index (χ3v) is 7.74. The molecule has 1 aromatic heterocycles. The first-order valence-corrected chi connectivity index (χ1v) is 12.3. The number of pyridine rings is 1. The second-order valence-corrected chi connectivity index (χ2v) is 10.4. The van der Waals surface area contributed by atoms with Crippen LogP contribution in [0.1, 0.15) is 32.6 Å². The molecule has 2 aromatic carbocycles. The van der Waals surface area contributed by atoms with Crippen LogP contribution in [0.25, 0.3) is 21.9 Å². The van der Waals surface area contributed by atoms with Gasteiger partial charge in [0.2, 0.25) is 0 Å². The van der Waals surface area contributed by atoms with Gasteiger partial charge in [-0.2, -0.15) is 0 Å². The average molecular weight is 442 g/mol. The molecule has 0 unspecified atom stereocenters. The summed E-state index contributed by atoms with van der Waals surface area (Å²) in [5, 5.41) is 11.1. The predicted molar refractivity (Wildman–Crippen MR) is 121 cm³/mol. The van der Waals surface area contributed by atoms with Gasteiger partial charge < -0.3 is 14.4 Å². The molecule has 0 amide bonds. The fourth-order valence-corrected chi connectivity index (χ4v) is 5.06. The molecular formula is C24H27NO5S. The Bertz CT molecular complexity index is 1270. The van der Waals surface area contributed by atoms with Crippen LogP contribution in [-0.2, 0) is 16.9 Å². The molecule has 0 radical (unpaired) electrons. The van der Waals surface area contributed by atoms with Gasteiger partial charge in [0.25, 0.3) is 5.56 Å². The van der Waals surface area contributed by atoms with Crippen molar-refractivity contribution in [3.8, 4) is 16.9 Å². The van der Waals surface area contributed by atoms with E-state index in [1.54, 1.807) is 44.4 Å². The molecule has 6 nitrogen and oxygen atoms in total.